The number of aryl methyl sites for hydroxylation is 2. The number of ether oxygens (including phenoxy) is 1. The van der Waals surface area contributed by atoms with Gasteiger partial charge in [-0.05, 0) is 98.6 Å². The fourth-order valence-electron chi connectivity index (χ4n) is 5.65. The van der Waals surface area contributed by atoms with E-state index >= 15 is 8.78 Å². The van der Waals surface area contributed by atoms with Crippen molar-refractivity contribution in [1.82, 2.24) is 10.2 Å². The molecule has 2 N–H and O–H groups in total. The second kappa shape index (κ2) is 11.2. The lowest BCUT2D eigenvalue weighted by Gasteiger charge is -2.34. The molecule has 0 bridgehead atoms. The number of amides is 1. The van der Waals surface area contributed by atoms with Crippen LogP contribution in [-0.4, -0.2) is 53.1 Å². The molecule has 2 aliphatic rings. The Morgan fingerprint density at radius 1 is 1.08 bits per heavy atom. The molecule has 0 aliphatic carbocycles. The van der Waals surface area contributed by atoms with Gasteiger partial charge in [0.25, 0.3) is 5.91 Å². The number of nitrogens with zero attached hydrogens (tertiary/aromatic N) is 1. The summed E-state index contributed by atoms with van der Waals surface area (Å²) in [5.74, 6) is -4.12. The summed E-state index contributed by atoms with van der Waals surface area (Å²) in [6.45, 7) is 6.05. The number of fused-ring (bicyclic) bond motifs is 2. The van der Waals surface area contributed by atoms with E-state index in [-0.39, 0.29) is 12.0 Å². The molecule has 7 heteroatoms. The SMILES string of the molecule is CC1(C)CCc2cc([C@H](O)[C@@H](CN3CCCC3)NC(=O)C(F)(F)CCc3ccc4ccccc4c3)ccc2O1. The molecule has 2 atom stereocenters. The van der Waals surface area contributed by atoms with E-state index in [0.717, 1.165) is 66.4 Å². The fraction of sp³-hybridized carbons (Fsp3) is 0.469. The van der Waals surface area contributed by atoms with Crippen LogP contribution in [-0.2, 0) is 17.6 Å². The lowest BCUT2D eigenvalue weighted by molar-refractivity contribution is -0.148. The summed E-state index contributed by atoms with van der Waals surface area (Å²) in [5.41, 5.74) is 2.09. The summed E-state index contributed by atoms with van der Waals surface area (Å²) in [6.07, 6.45) is 2.04. The van der Waals surface area contributed by atoms with E-state index < -0.39 is 30.4 Å². The van der Waals surface area contributed by atoms with E-state index in [0.29, 0.717) is 12.1 Å². The fourth-order valence-corrected chi connectivity index (χ4v) is 5.65. The standard InChI is InChI=1S/C32H38F2N2O3/c1-31(2)15-14-25-20-26(11-12-28(25)39-31)29(37)27(21-36-17-5-6-18-36)35-30(38)32(33,34)16-13-22-9-10-23-7-3-4-8-24(23)19-22/h3-4,7-12,19-20,27,29,37H,5-6,13-18,21H2,1-2H3,(H,35,38)/t27-,29+/m1/s1. The summed E-state index contributed by atoms with van der Waals surface area (Å²) >= 11 is 0. The number of hydrogen-bond donors (Lipinski definition) is 2. The molecule has 208 valence electrons. The van der Waals surface area contributed by atoms with Crippen molar-refractivity contribution in [2.75, 3.05) is 19.6 Å². The predicted octanol–water partition coefficient (Wildman–Crippen LogP) is 5.83. The van der Waals surface area contributed by atoms with Gasteiger partial charge in [0.05, 0.1) is 6.04 Å². The molecule has 0 spiro atoms. The molecule has 2 aliphatic heterocycles. The Morgan fingerprint density at radius 3 is 2.59 bits per heavy atom. The molecule has 3 aromatic rings. The van der Waals surface area contributed by atoms with Crippen LogP contribution in [0.5, 0.6) is 5.75 Å². The zero-order chi connectivity index (χ0) is 27.6. The number of likely N-dealkylation sites (tertiary alicyclic amines) is 1. The number of carbonyl (C=O) groups is 1. The molecule has 5 nitrogen and oxygen atoms in total. The quantitative estimate of drug-likeness (QED) is 0.362. The molecular weight excluding hydrogens is 498 g/mol. The minimum atomic E-state index is -3.57. The number of aliphatic hydroxyl groups is 1. The van der Waals surface area contributed by atoms with E-state index in [1.165, 1.54) is 0 Å². The van der Waals surface area contributed by atoms with Crippen molar-refractivity contribution in [2.24, 2.45) is 0 Å². The Labute approximate surface area is 229 Å². The topological polar surface area (TPSA) is 61.8 Å². The maximum atomic E-state index is 15.1. The van der Waals surface area contributed by atoms with Crippen LogP contribution in [0.2, 0.25) is 0 Å². The Balaban J connectivity index is 1.29. The second-order valence-corrected chi connectivity index (χ2v) is 11.6. The molecule has 1 saturated heterocycles. The number of aliphatic hydroxyl groups excluding tert-OH is 1. The Kier molecular flexibility index (Phi) is 7.92. The third kappa shape index (κ3) is 6.59. The highest BCUT2D eigenvalue weighted by Gasteiger charge is 2.41. The molecule has 1 amide bonds. The monoisotopic (exact) mass is 536 g/mol. The second-order valence-electron chi connectivity index (χ2n) is 11.6. The van der Waals surface area contributed by atoms with Crippen LogP contribution in [0.4, 0.5) is 8.78 Å². The van der Waals surface area contributed by atoms with Gasteiger partial charge >= 0.3 is 5.92 Å². The van der Waals surface area contributed by atoms with Crippen LogP contribution in [0.25, 0.3) is 10.8 Å². The number of hydrogen-bond acceptors (Lipinski definition) is 4. The van der Waals surface area contributed by atoms with Crippen molar-refractivity contribution in [3.8, 4) is 5.75 Å². The lowest BCUT2D eigenvalue weighted by atomic mass is 9.91. The molecule has 0 radical (unpaired) electrons. The van der Waals surface area contributed by atoms with Crippen LogP contribution in [0.15, 0.2) is 60.7 Å². The van der Waals surface area contributed by atoms with E-state index in [1.807, 2.05) is 68.4 Å². The third-order valence-electron chi connectivity index (χ3n) is 8.03. The molecule has 0 aromatic heterocycles. The Bertz CT molecular complexity index is 1320. The number of alkyl halides is 2. The van der Waals surface area contributed by atoms with Gasteiger partial charge in [0.1, 0.15) is 17.5 Å². The number of halogens is 2. The van der Waals surface area contributed by atoms with Crippen molar-refractivity contribution in [3.05, 3.63) is 77.4 Å². The van der Waals surface area contributed by atoms with E-state index in [2.05, 4.69) is 10.2 Å². The first-order chi connectivity index (χ1) is 18.6. The average molecular weight is 537 g/mol. The lowest BCUT2D eigenvalue weighted by Crippen LogP contribution is -2.51. The number of nitrogens with one attached hydrogen (secondary N) is 1. The maximum absolute atomic E-state index is 15.1. The van der Waals surface area contributed by atoms with Crippen LogP contribution >= 0.6 is 0 Å². The summed E-state index contributed by atoms with van der Waals surface area (Å²) < 4.78 is 36.3. The molecule has 3 aromatic carbocycles. The highest BCUT2D eigenvalue weighted by molar-refractivity contribution is 5.84. The summed E-state index contributed by atoms with van der Waals surface area (Å²) in [4.78, 5) is 15.0. The third-order valence-corrected chi connectivity index (χ3v) is 8.03. The molecule has 0 saturated carbocycles. The van der Waals surface area contributed by atoms with E-state index in [4.69, 9.17) is 4.74 Å². The van der Waals surface area contributed by atoms with Crippen molar-refractivity contribution in [3.63, 3.8) is 0 Å². The first-order valence-corrected chi connectivity index (χ1v) is 14.0. The van der Waals surface area contributed by atoms with Gasteiger partial charge in [-0.25, -0.2) is 0 Å². The maximum Gasteiger partial charge on any atom is 0.324 e. The zero-order valence-electron chi connectivity index (χ0n) is 22.8. The van der Waals surface area contributed by atoms with Gasteiger partial charge in [-0.2, -0.15) is 8.78 Å². The molecule has 1 fully saturated rings. The van der Waals surface area contributed by atoms with Crippen LogP contribution in [0.3, 0.4) is 0 Å². The van der Waals surface area contributed by atoms with Gasteiger partial charge in [-0.3, -0.25) is 4.79 Å². The van der Waals surface area contributed by atoms with Gasteiger partial charge in [-0.1, -0.05) is 48.5 Å². The number of benzene rings is 3. The van der Waals surface area contributed by atoms with Crippen LogP contribution in [0, 0.1) is 0 Å². The highest BCUT2D eigenvalue weighted by atomic mass is 19.3. The minimum absolute atomic E-state index is 0.0752. The summed E-state index contributed by atoms with van der Waals surface area (Å²) in [5, 5.41) is 15.9. The highest BCUT2D eigenvalue weighted by Crippen LogP contribution is 2.35. The number of carbonyl (C=O) groups excluding carboxylic acids is 1. The number of rotatable bonds is 9. The zero-order valence-corrected chi connectivity index (χ0v) is 22.8. The first kappa shape index (κ1) is 27.5. The smallest absolute Gasteiger partial charge is 0.324 e. The van der Waals surface area contributed by atoms with Gasteiger partial charge < -0.3 is 20.1 Å². The molecule has 39 heavy (non-hydrogen) atoms. The van der Waals surface area contributed by atoms with Crippen molar-refractivity contribution in [2.45, 2.75) is 76.0 Å². The van der Waals surface area contributed by atoms with Crippen molar-refractivity contribution >= 4 is 16.7 Å². The van der Waals surface area contributed by atoms with E-state index in [1.54, 1.807) is 6.07 Å². The Morgan fingerprint density at radius 2 is 1.82 bits per heavy atom. The predicted molar refractivity (Wildman–Crippen MR) is 149 cm³/mol. The molecule has 5 rings (SSSR count). The molecule has 2 heterocycles. The first-order valence-electron chi connectivity index (χ1n) is 14.0. The normalized spacial score (nSPS) is 18.8. The molecule has 0 unspecified atom stereocenters. The van der Waals surface area contributed by atoms with Crippen LogP contribution in [0.1, 0.15) is 62.3 Å². The summed E-state index contributed by atoms with van der Waals surface area (Å²) in [7, 11) is 0. The van der Waals surface area contributed by atoms with Gasteiger partial charge in [0, 0.05) is 13.0 Å². The van der Waals surface area contributed by atoms with Crippen LogP contribution < -0.4 is 10.1 Å². The van der Waals surface area contributed by atoms with E-state index in [9.17, 15) is 9.90 Å². The minimum Gasteiger partial charge on any atom is -0.488 e. The summed E-state index contributed by atoms with van der Waals surface area (Å²) in [6, 6.07) is 18.0. The Hall–Kier alpha value is -3.03. The largest absolute Gasteiger partial charge is 0.488 e. The molecular formula is C32H38F2N2O3. The van der Waals surface area contributed by atoms with Gasteiger partial charge in [0.15, 0.2) is 0 Å². The van der Waals surface area contributed by atoms with Gasteiger partial charge in [0.2, 0.25) is 0 Å². The average Bonchev–Trinajstić information content (AvgIpc) is 3.43. The van der Waals surface area contributed by atoms with Gasteiger partial charge in [-0.15, -0.1) is 0 Å². The van der Waals surface area contributed by atoms with Crippen molar-refractivity contribution in [1.29, 1.82) is 0 Å². The van der Waals surface area contributed by atoms with Crippen molar-refractivity contribution < 1.29 is 23.4 Å².